The molecule has 2 heterocycles. The Morgan fingerprint density at radius 3 is 2.78 bits per heavy atom. The molecule has 1 aromatic carbocycles. The summed E-state index contributed by atoms with van der Waals surface area (Å²) in [6, 6.07) is 11.4. The smallest absolute Gasteiger partial charge is 0.121 e. The van der Waals surface area contributed by atoms with Crippen LogP contribution in [-0.4, -0.2) is 29.9 Å². The van der Waals surface area contributed by atoms with Gasteiger partial charge in [0.05, 0.1) is 6.61 Å². The molecule has 2 fully saturated rings. The summed E-state index contributed by atoms with van der Waals surface area (Å²) in [4.78, 5) is 0. The normalized spacial score (nSPS) is 27.2. The maximum Gasteiger partial charge on any atom is 0.121 e. The van der Waals surface area contributed by atoms with Crippen molar-refractivity contribution in [2.75, 3.05) is 18.1 Å². The molecule has 0 aliphatic carbocycles. The van der Waals surface area contributed by atoms with Crippen LogP contribution in [0.5, 0.6) is 0 Å². The molecule has 1 aromatic rings. The summed E-state index contributed by atoms with van der Waals surface area (Å²) in [5, 5.41) is 3.78. The quantitative estimate of drug-likeness (QED) is 0.886. The van der Waals surface area contributed by atoms with E-state index in [-0.39, 0.29) is 5.72 Å². The molecule has 0 amide bonds. The molecule has 2 aliphatic rings. The van der Waals surface area contributed by atoms with E-state index in [1.807, 2.05) is 11.8 Å². The molecule has 0 saturated carbocycles. The van der Waals surface area contributed by atoms with E-state index in [9.17, 15) is 0 Å². The van der Waals surface area contributed by atoms with Gasteiger partial charge in [0.15, 0.2) is 0 Å². The van der Waals surface area contributed by atoms with Crippen LogP contribution < -0.4 is 5.32 Å². The molecule has 0 aromatic heterocycles. The fraction of sp³-hybridized carbons (Fsp3) is 0.600. The first-order valence-electron chi connectivity index (χ1n) is 6.90. The Kier molecular flexibility index (Phi) is 3.92. The number of ether oxygens (including phenoxy) is 1. The van der Waals surface area contributed by atoms with Crippen LogP contribution in [0.25, 0.3) is 0 Å². The molecule has 2 nitrogen and oxygen atoms in total. The molecule has 0 radical (unpaired) electrons. The predicted molar refractivity (Wildman–Crippen MR) is 76.9 cm³/mol. The van der Waals surface area contributed by atoms with Gasteiger partial charge in [-0.15, -0.1) is 0 Å². The van der Waals surface area contributed by atoms with Gasteiger partial charge < -0.3 is 4.74 Å². The van der Waals surface area contributed by atoms with Gasteiger partial charge in [0.1, 0.15) is 5.72 Å². The standard InChI is InChI=1S/C15H21NOS/c1-2-4-13(5-3-1)12-14-6-9-17-15(16-14)7-10-18-11-8-15/h1-5,14,16H,6-12H2. The summed E-state index contributed by atoms with van der Waals surface area (Å²) in [6.45, 7) is 0.912. The van der Waals surface area contributed by atoms with Crippen molar-refractivity contribution in [2.24, 2.45) is 0 Å². The Morgan fingerprint density at radius 1 is 1.22 bits per heavy atom. The van der Waals surface area contributed by atoms with Crippen molar-refractivity contribution in [1.82, 2.24) is 5.32 Å². The monoisotopic (exact) mass is 263 g/mol. The highest BCUT2D eigenvalue weighted by atomic mass is 32.2. The topological polar surface area (TPSA) is 21.3 Å². The van der Waals surface area contributed by atoms with Crippen molar-refractivity contribution in [2.45, 2.75) is 37.5 Å². The number of hydrogen-bond acceptors (Lipinski definition) is 3. The molecule has 18 heavy (non-hydrogen) atoms. The Balaban J connectivity index is 1.63. The fourth-order valence-corrected chi connectivity index (χ4v) is 4.08. The van der Waals surface area contributed by atoms with E-state index in [2.05, 4.69) is 35.6 Å². The van der Waals surface area contributed by atoms with Gasteiger partial charge in [0.25, 0.3) is 0 Å². The van der Waals surface area contributed by atoms with Crippen LogP contribution in [0, 0.1) is 0 Å². The molecule has 1 unspecified atom stereocenters. The highest BCUT2D eigenvalue weighted by Crippen LogP contribution is 2.31. The highest BCUT2D eigenvalue weighted by Gasteiger charge is 2.37. The van der Waals surface area contributed by atoms with Gasteiger partial charge in [-0.2, -0.15) is 11.8 Å². The molecular formula is C15H21NOS. The molecule has 3 heteroatoms. The van der Waals surface area contributed by atoms with E-state index < -0.39 is 0 Å². The minimum atomic E-state index is -0.0110. The summed E-state index contributed by atoms with van der Waals surface area (Å²) in [6.07, 6.45) is 4.56. The lowest BCUT2D eigenvalue weighted by atomic mass is 9.97. The summed E-state index contributed by atoms with van der Waals surface area (Å²) >= 11 is 2.05. The number of rotatable bonds is 2. The molecule has 2 saturated heterocycles. The van der Waals surface area contributed by atoms with Crippen LogP contribution in [0.1, 0.15) is 24.8 Å². The average Bonchev–Trinajstić information content (AvgIpc) is 2.41. The summed E-state index contributed by atoms with van der Waals surface area (Å²) in [7, 11) is 0. The van der Waals surface area contributed by atoms with Gasteiger partial charge in [0, 0.05) is 6.04 Å². The number of thioether (sulfide) groups is 1. The Labute approximate surface area is 113 Å². The first-order valence-corrected chi connectivity index (χ1v) is 8.05. The van der Waals surface area contributed by atoms with Gasteiger partial charge in [0.2, 0.25) is 0 Å². The second-order valence-corrected chi connectivity index (χ2v) is 6.50. The number of hydrogen-bond donors (Lipinski definition) is 1. The second-order valence-electron chi connectivity index (χ2n) is 5.27. The van der Waals surface area contributed by atoms with Crippen LogP contribution in [0.3, 0.4) is 0 Å². The predicted octanol–water partition coefficient (Wildman–Crippen LogP) is 2.83. The zero-order valence-corrected chi connectivity index (χ0v) is 11.5. The van der Waals surface area contributed by atoms with Crippen molar-refractivity contribution in [1.29, 1.82) is 0 Å². The van der Waals surface area contributed by atoms with Gasteiger partial charge in [-0.1, -0.05) is 30.3 Å². The zero-order valence-electron chi connectivity index (χ0n) is 10.7. The summed E-state index contributed by atoms with van der Waals surface area (Å²) in [5.74, 6) is 2.45. The second kappa shape index (κ2) is 5.64. The zero-order chi connectivity index (χ0) is 12.3. The molecule has 98 valence electrons. The summed E-state index contributed by atoms with van der Waals surface area (Å²) < 4.78 is 6.05. The average molecular weight is 263 g/mol. The van der Waals surface area contributed by atoms with Gasteiger partial charge in [-0.05, 0) is 42.8 Å². The minimum Gasteiger partial charge on any atom is -0.361 e. The molecule has 3 rings (SSSR count). The largest absolute Gasteiger partial charge is 0.361 e. The molecule has 2 aliphatic heterocycles. The lowest BCUT2D eigenvalue weighted by Crippen LogP contribution is -2.58. The van der Waals surface area contributed by atoms with Crippen LogP contribution in [0.2, 0.25) is 0 Å². The van der Waals surface area contributed by atoms with Crippen molar-refractivity contribution in [3.05, 3.63) is 35.9 Å². The van der Waals surface area contributed by atoms with Crippen molar-refractivity contribution < 1.29 is 4.74 Å². The number of nitrogens with one attached hydrogen (secondary N) is 1. The van der Waals surface area contributed by atoms with Crippen molar-refractivity contribution in [3.63, 3.8) is 0 Å². The Bertz CT molecular complexity index is 370. The van der Waals surface area contributed by atoms with E-state index in [0.717, 1.165) is 32.3 Å². The maximum absolute atomic E-state index is 6.05. The first-order chi connectivity index (χ1) is 8.86. The molecule has 0 bridgehead atoms. The summed E-state index contributed by atoms with van der Waals surface area (Å²) in [5.41, 5.74) is 1.42. The Hall–Kier alpha value is -0.510. The van der Waals surface area contributed by atoms with Crippen LogP contribution in [-0.2, 0) is 11.2 Å². The molecular weight excluding hydrogens is 242 g/mol. The van der Waals surface area contributed by atoms with Crippen molar-refractivity contribution >= 4 is 11.8 Å². The van der Waals surface area contributed by atoms with Crippen molar-refractivity contribution in [3.8, 4) is 0 Å². The van der Waals surface area contributed by atoms with E-state index >= 15 is 0 Å². The van der Waals surface area contributed by atoms with Crippen LogP contribution in [0.4, 0.5) is 0 Å². The fourth-order valence-electron chi connectivity index (χ4n) is 2.92. The third-order valence-corrected chi connectivity index (χ3v) is 4.92. The maximum atomic E-state index is 6.05. The van der Waals surface area contributed by atoms with Gasteiger partial charge in [-0.25, -0.2) is 0 Å². The SMILES string of the molecule is c1ccc(CC2CCOC3(CCSCC3)N2)cc1. The van der Waals surface area contributed by atoms with Gasteiger partial charge >= 0.3 is 0 Å². The van der Waals surface area contributed by atoms with Crippen LogP contribution in [0.15, 0.2) is 30.3 Å². The third-order valence-electron chi connectivity index (χ3n) is 3.94. The van der Waals surface area contributed by atoms with E-state index in [1.54, 1.807) is 0 Å². The molecule has 1 N–H and O–H groups in total. The Morgan fingerprint density at radius 2 is 2.00 bits per heavy atom. The lowest BCUT2D eigenvalue weighted by Gasteiger charge is -2.44. The van der Waals surface area contributed by atoms with E-state index in [4.69, 9.17) is 4.74 Å². The van der Waals surface area contributed by atoms with E-state index in [0.29, 0.717) is 6.04 Å². The third kappa shape index (κ3) is 2.90. The minimum absolute atomic E-state index is 0.0110. The van der Waals surface area contributed by atoms with Gasteiger partial charge in [-0.3, -0.25) is 5.32 Å². The lowest BCUT2D eigenvalue weighted by molar-refractivity contribution is -0.114. The molecule has 1 atom stereocenters. The van der Waals surface area contributed by atoms with E-state index in [1.165, 1.54) is 17.1 Å². The highest BCUT2D eigenvalue weighted by molar-refractivity contribution is 7.99. The first kappa shape index (κ1) is 12.5. The number of benzene rings is 1. The molecule has 1 spiro atoms. The van der Waals surface area contributed by atoms with Crippen LogP contribution >= 0.6 is 11.8 Å².